The molecule has 3 rings (SSSR count). The molecule has 0 aromatic heterocycles. The topological polar surface area (TPSA) is 58.6 Å². The zero-order valence-corrected chi connectivity index (χ0v) is 18.7. The van der Waals surface area contributed by atoms with Gasteiger partial charge in [-0.05, 0) is 50.7 Å². The summed E-state index contributed by atoms with van der Waals surface area (Å²) in [6, 6.07) is 5.31. The minimum Gasteiger partial charge on any atom is -0.464 e. The standard InChI is InChI=1S/C23H34N2O3S/c1-4-5-13-28-22(26)20-15-29-21(18-9-7-6-8-10-18)25(20)23(27)24-19-12-11-16(2)14-17(19)3/h11-12,14,18,20-21H,4-10,13,15H2,1-3H3,(H,24,27)/t20-,21-/m0/s1. The van der Waals surface area contributed by atoms with E-state index in [1.165, 1.54) is 19.3 Å². The number of urea groups is 1. The van der Waals surface area contributed by atoms with Crippen LogP contribution in [-0.4, -0.2) is 40.7 Å². The molecule has 2 amide bonds. The number of aryl methyl sites for hydroxylation is 2. The first-order valence-electron chi connectivity index (χ1n) is 11.0. The van der Waals surface area contributed by atoms with E-state index in [0.717, 1.165) is 42.5 Å². The summed E-state index contributed by atoms with van der Waals surface area (Å²) in [5.74, 6) is 0.805. The van der Waals surface area contributed by atoms with Crippen molar-refractivity contribution < 1.29 is 14.3 Å². The highest BCUT2D eigenvalue weighted by Crippen LogP contribution is 2.41. The molecule has 0 radical (unpaired) electrons. The Bertz CT molecular complexity index is 718. The number of thioether (sulfide) groups is 1. The fourth-order valence-electron chi connectivity index (χ4n) is 4.30. The van der Waals surface area contributed by atoms with Crippen molar-refractivity contribution in [2.24, 2.45) is 5.92 Å². The number of nitrogens with one attached hydrogen (secondary N) is 1. The quantitative estimate of drug-likeness (QED) is 0.489. The highest BCUT2D eigenvalue weighted by Gasteiger charge is 2.45. The van der Waals surface area contributed by atoms with Gasteiger partial charge in [0.2, 0.25) is 0 Å². The van der Waals surface area contributed by atoms with Crippen LogP contribution >= 0.6 is 11.8 Å². The zero-order valence-electron chi connectivity index (χ0n) is 17.9. The number of unbranched alkanes of at least 4 members (excludes halogenated alkanes) is 1. The lowest BCUT2D eigenvalue weighted by Gasteiger charge is -2.35. The van der Waals surface area contributed by atoms with Crippen LogP contribution < -0.4 is 5.32 Å². The number of amides is 2. The molecule has 0 spiro atoms. The molecule has 160 valence electrons. The third-order valence-corrected chi connectivity index (χ3v) is 7.42. The van der Waals surface area contributed by atoms with E-state index < -0.39 is 6.04 Å². The van der Waals surface area contributed by atoms with Gasteiger partial charge in [0.1, 0.15) is 6.04 Å². The second kappa shape index (κ2) is 10.4. The zero-order chi connectivity index (χ0) is 20.8. The van der Waals surface area contributed by atoms with E-state index in [9.17, 15) is 9.59 Å². The molecule has 1 N–H and O–H groups in total. The predicted octanol–water partition coefficient (Wildman–Crippen LogP) is 5.50. The largest absolute Gasteiger partial charge is 0.464 e. The lowest BCUT2D eigenvalue weighted by molar-refractivity contribution is -0.148. The van der Waals surface area contributed by atoms with Crippen LogP contribution in [-0.2, 0) is 9.53 Å². The molecule has 1 aliphatic carbocycles. The summed E-state index contributed by atoms with van der Waals surface area (Å²) in [4.78, 5) is 27.9. The second-order valence-corrected chi connectivity index (χ2v) is 9.46. The SMILES string of the molecule is CCCCOC(=O)[C@@H]1CS[C@@H](C2CCCCC2)N1C(=O)Nc1ccc(C)cc1C. The van der Waals surface area contributed by atoms with Gasteiger partial charge in [-0.2, -0.15) is 0 Å². The Morgan fingerprint density at radius 1 is 1.21 bits per heavy atom. The van der Waals surface area contributed by atoms with E-state index in [0.29, 0.717) is 18.3 Å². The molecule has 6 heteroatoms. The molecule has 1 saturated carbocycles. The Balaban J connectivity index is 1.77. The van der Waals surface area contributed by atoms with Gasteiger partial charge in [-0.1, -0.05) is 50.3 Å². The molecular weight excluding hydrogens is 384 g/mol. The maximum absolute atomic E-state index is 13.3. The molecule has 1 aromatic carbocycles. The Morgan fingerprint density at radius 3 is 2.66 bits per heavy atom. The molecule has 2 fully saturated rings. The monoisotopic (exact) mass is 418 g/mol. The lowest BCUT2D eigenvalue weighted by atomic mass is 9.88. The van der Waals surface area contributed by atoms with Crippen molar-refractivity contribution in [2.75, 3.05) is 17.7 Å². The van der Waals surface area contributed by atoms with Gasteiger partial charge in [-0.3, -0.25) is 4.90 Å². The minimum atomic E-state index is -0.505. The average molecular weight is 419 g/mol. The average Bonchev–Trinajstić information content (AvgIpc) is 3.16. The first-order valence-corrected chi connectivity index (χ1v) is 12.0. The van der Waals surface area contributed by atoms with Gasteiger partial charge in [0.15, 0.2) is 0 Å². The smallest absolute Gasteiger partial charge is 0.329 e. The Hall–Kier alpha value is -1.69. The van der Waals surface area contributed by atoms with Crippen LogP contribution in [0.15, 0.2) is 18.2 Å². The van der Waals surface area contributed by atoms with Gasteiger partial charge in [-0.15, -0.1) is 11.8 Å². The van der Waals surface area contributed by atoms with Crippen molar-refractivity contribution in [3.05, 3.63) is 29.3 Å². The fraction of sp³-hybridized carbons (Fsp3) is 0.652. The highest BCUT2D eigenvalue weighted by molar-refractivity contribution is 8.00. The summed E-state index contributed by atoms with van der Waals surface area (Å²) < 4.78 is 5.50. The van der Waals surface area contributed by atoms with E-state index >= 15 is 0 Å². The number of hydrogen-bond donors (Lipinski definition) is 1. The number of esters is 1. The predicted molar refractivity (Wildman–Crippen MR) is 119 cm³/mol. The summed E-state index contributed by atoms with van der Waals surface area (Å²) in [5, 5.41) is 3.11. The minimum absolute atomic E-state index is 0.0461. The van der Waals surface area contributed by atoms with Gasteiger partial charge >= 0.3 is 12.0 Å². The molecular formula is C23H34N2O3S. The molecule has 5 nitrogen and oxygen atoms in total. The summed E-state index contributed by atoms with van der Waals surface area (Å²) >= 11 is 1.74. The van der Waals surface area contributed by atoms with Crippen LogP contribution in [0.2, 0.25) is 0 Å². The van der Waals surface area contributed by atoms with Gasteiger partial charge < -0.3 is 10.1 Å². The normalized spacial score (nSPS) is 22.5. The molecule has 1 aromatic rings. The Morgan fingerprint density at radius 2 is 1.97 bits per heavy atom. The number of ether oxygens (including phenoxy) is 1. The van der Waals surface area contributed by atoms with Crippen molar-refractivity contribution in [2.45, 2.75) is 77.1 Å². The number of carbonyl (C=O) groups is 2. The summed E-state index contributed by atoms with van der Waals surface area (Å²) in [5.41, 5.74) is 2.99. The van der Waals surface area contributed by atoms with Crippen LogP contribution in [0.5, 0.6) is 0 Å². The van der Waals surface area contributed by atoms with E-state index in [2.05, 4.69) is 18.3 Å². The first kappa shape index (κ1) is 22.0. The number of anilines is 1. The van der Waals surface area contributed by atoms with Crippen LogP contribution in [0.25, 0.3) is 0 Å². The van der Waals surface area contributed by atoms with Crippen LogP contribution in [0, 0.1) is 19.8 Å². The van der Waals surface area contributed by atoms with E-state index in [1.807, 2.05) is 26.0 Å². The summed E-state index contributed by atoms with van der Waals surface area (Å²) in [6.07, 6.45) is 7.77. The molecule has 0 bridgehead atoms. The van der Waals surface area contributed by atoms with E-state index in [-0.39, 0.29) is 17.4 Å². The van der Waals surface area contributed by atoms with Gasteiger partial charge in [-0.25, -0.2) is 9.59 Å². The number of benzene rings is 1. The van der Waals surface area contributed by atoms with Gasteiger partial charge in [0.05, 0.1) is 12.0 Å². The summed E-state index contributed by atoms with van der Waals surface area (Å²) in [7, 11) is 0. The second-order valence-electron chi connectivity index (χ2n) is 8.31. The lowest BCUT2D eigenvalue weighted by Crippen LogP contribution is -2.50. The van der Waals surface area contributed by atoms with Crippen LogP contribution in [0.3, 0.4) is 0 Å². The van der Waals surface area contributed by atoms with Crippen molar-refractivity contribution in [1.29, 1.82) is 0 Å². The molecule has 1 aliphatic heterocycles. The number of hydrogen-bond acceptors (Lipinski definition) is 4. The van der Waals surface area contributed by atoms with Crippen molar-refractivity contribution in [3.63, 3.8) is 0 Å². The third-order valence-electron chi connectivity index (χ3n) is 5.96. The van der Waals surface area contributed by atoms with E-state index in [4.69, 9.17) is 4.74 Å². The van der Waals surface area contributed by atoms with Crippen molar-refractivity contribution in [1.82, 2.24) is 4.90 Å². The van der Waals surface area contributed by atoms with Crippen LogP contribution in [0.1, 0.15) is 63.0 Å². The molecule has 2 atom stereocenters. The van der Waals surface area contributed by atoms with E-state index in [1.54, 1.807) is 16.7 Å². The molecule has 1 saturated heterocycles. The summed E-state index contributed by atoms with van der Waals surface area (Å²) in [6.45, 7) is 6.53. The Labute approximate surface area is 178 Å². The van der Waals surface area contributed by atoms with Gasteiger partial charge in [0.25, 0.3) is 0 Å². The molecule has 1 heterocycles. The van der Waals surface area contributed by atoms with Crippen LogP contribution in [0.4, 0.5) is 10.5 Å². The molecule has 0 unspecified atom stereocenters. The maximum Gasteiger partial charge on any atom is 0.329 e. The number of rotatable bonds is 6. The number of carbonyl (C=O) groups excluding carboxylic acids is 2. The first-order chi connectivity index (χ1) is 14.0. The van der Waals surface area contributed by atoms with Gasteiger partial charge in [0, 0.05) is 11.4 Å². The highest BCUT2D eigenvalue weighted by atomic mass is 32.2. The molecule has 29 heavy (non-hydrogen) atoms. The van der Waals surface area contributed by atoms with Crippen molar-refractivity contribution in [3.8, 4) is 0 Å². The maximum atomic E-state index is 13.3. The fourth-order valence-corrected chi connectivity index (χ4v) is 5.92. The Kier molecular flexibility index (Phi) is 7.87. The third kappa shape index (κ3) is 5.47. The molecule has 2 aliphatic rings. The van der Waals surface area contributed by atoms with Crippen molar-refractivity contribution >= 4 is 29.4 Å². The number of nitrogens with zero attached hydrogens (tertiary/aromatic N) is 1.